The zero-order valence-corrected chi connectivity index (χ0v) is 13.0. The zero-order valence-electron chi connectivity index (χ0n) is 13.0. The lowest BCUT2D eigenvalue weighted by molar-refractivity contribution is -0.146. The first kappa shape index (κ1) is 15.4. The van der Waals surface area contributed by atoms with Crippen LogP contribution < -0.4 is 5.32 Å². The topological polar surface area (TPSA) is 82.8 Å². The fraction of sp³-hybridized carbons (Fsp3) is 0.412. The molecule has 1 fully saturated rings. The van der Waals surface area contributed by atoms with Crippen molar-refractivity contribution in [3.8, 4) is 0 Å². The fourth-order valence-electron chi connectivity index (χ4n) is 2.87. The Morgan fingerprint density at radius 3 is 2.87 bits per heavy atom. The first-order valence-electron chi connectivity index (χ1n) is 7.72. The molecule has 2 aromatic rings. The van der Waals surface area contributed by atoms with E-state index in [1.165, 1.54) is 0 Å². The molecule has 2 N–H and O–H groups in total. The molecule has 2 amide bonds. The van der Waals surface area contributed by atoms with Gasteiger partial charge in [0.25, 0.3) is 0 Å². The van der Waals surface area contributed by atoms with Gasteiger partial charge in [0, 0.05) is 31.4 Å². The molecular weight excluding hydrogens is 296 g/mol. The van der Waals surface area contributed by atoms with Crippen LogP contribution in [0.5, 0.6) is 0 Å². The molecule has 6 heteroatoms. The van der Waals surface area contributed by atoms with E-state index in [-0.39, 0.29) is 12.6 Å². The third-order valence-corrected chi connectivity index (χ3v) is 4.40. The average molecular weight is 316 g/mol. The van der Waals surface area contributed by atoms with E-state index in [1.54, 1.807) is 11.8 Å². The number of carbonyl (C=O) groups is 2. The molecule has 1 aromatic heterocycles. The van der Waals surface area contributed by atoms with Crippen molar-refractivity contribution in [2.75, 3.05) is 19.6 Å². The average Bonchev–Trinajstić information content (AvgIpc) is 3.11. The van der Waals surface area contributed by atoms with Crippen LogP contribution in [0.3, 0.4) is 0 Å². The van der Waals surface area contributed by atoms with Gasteiger partial charge >= 0.3 is 12.0 Å². The molecule has 1 aliphatic heterocycles. The molecule has 0 radical (unpaired) electrons. The molecule has 1 aromatic carbocycles. The third-order valence-electron chi connectivity index (χ3n) is 4.40. The molecule has 2 heterocycles. The van der Waals surface area contributed by atoms with E-state index in [2.05, 4.69) is 5.32 Å². The number of amides is 2. The highest BCUT2D eigenvalue weighted by atomic mass is 16.4. The van der Waals surface area contributed by atoms with Gasteiger partial charge in [0.15, 0.2) is 0 Å². The first-order chi connectivity index (χ1) is 11.0. The number of para-hydroxylation sites is 1. The van der Waals surface area contributed by atoms with Gasteiger partial charge in [0.2, 0.25) is 0 Å². The number of urea groups is 1. The molecule has 1 unspecified atom stereocenters. The van der Waals surface area contributed by atoms with Crippen molar-refractivity contribution < 1.29 is 19.1 Å². The van der Waals surface area contributed by atoms with E-state index in [0.29, 0.717) is 25.9 Å². The lowest BCUT2D eigenvalue weighted by atomic mass is 9.90. The molecule has 0 spiro atoms. The Hall–Kier alpha value is -2.50. The van der Waals surface area contributed by atoms with Crippen LogP contribution in [-0.4, -0.2) is 41.6 Å². The normalized spacial score (nSPS) is 20.8. The van der Waals surface area contributed by atoms with Gasteiger partial charge in [-0.05, 0) is 25.5 Å². The Morgan fingerprint density at radius 2 is 2.17 bits per heavy atom. The number of aliphatic carboxylic acids is 1. The van der Waals surface area contributed by atoms with Crippen LogP contribution in [0.4, 0.5) is 4.79 Å². The molecule has 1 atom stereocenters. The zero-order chi connectivity index (χ0) is 16.4. The third kappa shape index (κ3) is 3.16. The summed E-state index contributed by atoms with van der Waals surface area (Å²) in [5.41, 5.74) is 0.00129. The Morgan fingerprint density at radius 1 is 1.39 bits per heavy atom. The lowest BCUT2D eigenvalue weighted by Gasteiger charge is -2.20. The standard InChI is InChI=1S/C17H20N2O4/c1-17(15(20)21)7-9-19(11-17)16(22)18-8-6-13-10-12-4-2-3-5-14(12)23-13/h2-5,10H,6-9,11H2,1H3,(H,18,22)(H,20,21). The van der Waals surface area contributed by atoms with Gasteiger partial charge in [0.05, 0.1) is 5.41 Å². The van der Waals surface area contributed by atoms with Gasteiger partial charge in [0.1, 0.15) is 11.3 Å². The van der Waals surface area contributed by atoms with Crippen LogP contribution in [0, 0.1) is 5.41 Å². The van der Waals surface area contributed by atoms with Crippen LogP contribution in [0.25, 0.3) is 11.0 Å². The minimum absolute atomic E-state index is 0.217. The summed E-state index contributed by atoms with van der Waals surface area (Å²) in [6.45, 7) is 2.86. The molecule has 1 saturated heterocycles. The maximum atomic E-state index is 12.1. The van der Waals surface area contributed by atoms with Crippen LogP contribution in [0.1, 0.15) is 19.1 Å². The highest BCUT2D eigenvalue weighted by Gasteiger charge is 2.42. The van der Waals surface area contributed by atoms with Crippen LogP contribution in [-0.2, 0) is 11.2 Å². The summed E-state index contributed by atoms with van der Waals surface area (Å²) in [5.74, 6) is -0.0293. The van der Waals surface area contributed by atoms with Crippen molar-refractivity contribution in [2.24, 2.45) is 5.41 Å². The first-order valence-corrected chi connectivity index (χ1v) is 7.72. The summed E-state index contributed by atoms with van der Waals surface area (Å²) in [4.78, 5) is 24.9. The van der Waals surface area contributed by atoms with Gasteiger partial charge in [-0.2, -0.15) is 0 Å². The van der Waals surface area contributed by atoms with Crippen molar-refractivity contribution in [1.82, 2.24) is 10.2 Å². The second-order valence-corrected chi connectivity index (χ2v) is 6.27. The van der Waals surface area contributed by atoms with E-state index in [1.807, 2.05) is 30.3 Å². The molecule has 3 rings (SSSR count). The second kappa shape index (κ2) is 5.95. The van der Waals surface area contributed by atoms with Crippen molar-refractivity contribution >= 4 is 23.0 Å². The summed E-state index contributed by atoms with van der Waals surface area (Å²) < 4.78 is 5.70. The number of carboxylic acid groups (broad SMARTS) is 1. The lowest BCUT2D eigenvalue weighted by Crippen LogP contribution is -2.41. The highest BCUT2D eigenvalue weighted by molar-refractivity contribution is 5.79. The Kier molecular flexibility index (Phi) is 3.98. The smallest absolute Gasteiger partial charge is 0.317 e. The minimum Gasteiger partial charge on any atom is -0.481 e. The van der Waals surface area contributed by atoms with Gasteiger partial charge in [-0.3, -0.25) is 4.79 Å². The number of benzene rings is 1. The Labute approximate surface area is 134 Å². The van der Waals surface area contributed by atoms with Crippen LogP contribution >= 0.6 is 0 Å². The molecule has 0 bridgehead atoms. The molecular formula is C17H20N2O4. The van der Waals surface area contributed by atoms with Crippen molar-refractivity contribution in [1.29, 1.82) is 0 Å². The summed E-state index contributed by atoms with van der Waals surface area (Å²) in [6, 6.07) is 9.53. The van der Waals surface area contributed by atoms with Gasteiger partial charge in [-0.15, -0.1) is 0 Å². The van der Waals surface area contributed by atoms with Gasteiger partial charge in [-0.1, -0.05) is 18.2 Å². The Balaban J connectivity index is 1.51. The highest BCUT2D eigenvalue weighted by Crippen LogP contribution is 2.29. The van der Waals surface area contributed by atoms with E-state index >= 15 is 0 Å². The number of furan rings is 1. The number of rotatable bonds is 4. The van der Waals surface area contributed by atoms with E-state index in [0.717, 1.165) is 16.7 Å². The molecule has 122 valence electrons. The number of nitrogens with zero attached hydrogens (tertiary/aromatic N) is 1. The van der Waals surface area contributed by atoms with E-state index in [9.17, 15) is 14.7 Å². The van der Waals surface area contributed by atoms with E-state index < -0.39 is 11.4 Å². The monoisotopic (exact) mass is 316 g/mol. The predicted octanol–water partition coefficient (Wildman–Crippen LogP) is 2.48. The van der Waals surface area contributed by atoms with Crippen molar-refractivity contribution in [3.05, 3.63) is 36.1 Å². The largest absolute Gasteiger partial charge is 0.481 e. The van der Waals surface area contributed by atoms with Crippen molar-refractivity contribution in [3.63, 3.8) is 0 Å². The molecule has 1 aliphatic rings. The number of carbonyl (C=O) groups excluding carboxylic acids is 1. The quantitative estimate of drug-likeness (QED) is 0.908. The second-order valence-electron chi connectivity index (χ2n) is 6.27. The minimum atomic E-state index is -0.852. The number of hydrogen-bond donors (Lipinski definition) is 2. The number of carboxylic acids is 1. The van der Waals surface area contributed by atoms with Crippen LogP contribution in [0.15, 0.2) is 34.7 Å². The van der Waals surface area contributed by atoms with Crippen molar-refractivity contribution in [2.45, 2.75) is 19.8 Å². The Bertz CT molecular complexity index is 706. The van der Waals surface area contributed by atoms with Crippen LogP contribution in [0.2, 0.25) is 0 Å². The summed E-state index contributed by atoms with van der Waals surface area (Å²) in [5, 5.41) is 13.1. The molecule has 0 aliphatic carbocycles. The summed E-state index contributed by atoms with van der Waals surface area (Å²) in [6.07, 6.45) is 1.09. The molecule has 0 saturated carbocycles. The summed E-state index contributed by atoms with van der Waals surface area (Å²) >= 11 is 0. The number of hydrogen-bond acceptors (Lipinski definition) is 3. The molecule has 23 heavy (non-hydrogen) atoms. The van der Waals surface area contributed by atoms with Gasteiger partial charge < -0.3 is 19.7 Å². The predicted molar refractivity (Wildman–Crippen MR) is 85.2 cm³/mol. The van der Waals surface area contributed by atoms with Gasteiger partial charge in [-0.25, -0.2) is 4.79 Å². The summed E-state index contributed by atoms with van der Waals surface area (Å²) in [7, 11) is 0. The number of nitrogens with one attached hydrogen (secondary N) is 1. The van der Waals surface area contributed by atoms with E-state index in [4.69, 9.17) is 4.42 Å². The maximum Gasteiger partial charge on any atom is 0.317 e. The SMILES string of the molecule is CC1(C(=O)O)CCN(C(=O)NCCc2cc3ccccc3o2)C1. The maximum absolute atomic E-state index is 12.1. The molecule has 6 nitrogen and oxygen atoms in total. The fourth-order valence-corrected chi connectivity index (χ4v) is 2.87. The number of fused-ring (bicyclic) bond motifs is 1. The number of likely N-dealkylation sites (tertiary alicyclic amines) is 1.